The zero-order chi connectivity index (χ0) is 25.9. The number of fused-ring (bicyclic) bond motifs is 1. The highest BCUT2D eigenvalue weighted by Crippen LogP contribution is 2.36. The van der Waals surface area contributed by atoms with Gasteiger partial charge >= 0.3 is 6.18 Å². The molecule has 0 bridgehead atoms. The molecule has 2 amide bonds. The van der Waals surface area contributed by atoms with Gasteiger partial charge in [0.1, 0.15) is 5.69 Å². The lowest BCUT2D eigenvalue weighted by atomic mass is 10.0. The number of aromatic nitrogens is 3. The standard InChI is InChI=1S/C26H18F3N5O2/c1-3-24(35)33-22-11-9-19(14-21(22)26(27,28)29)32-25(36)18-7-6-16(2)17(13-18)8-10-20-15-30-23-5-4-12-31-34(20)23/h3-7,9,11-15H,1H2,2H3,(H,32,36)(H,33,35). The number of nitrogens with zero attached hydrogens (tertiary/aromatic N) is 3. The molecule has 2 heterocycles. The molecule has 2 N–H and O–H groups in total. The summed E-state index contributed by atoms with van der Waals surface area (Å²) >= 11 is 0. The normalized spacial score (nSPS) is 10.9. The van der Waals surface area contributed by atoms with Crippen LogP contribution in [-0.2, 0) is 11.0 Å². The number of halogens is 3. The van der Waals surface area contributed by atoms with Gasteiger partial charge in [-0.1, -0.05) is 18.6 Å². The van der Waals surface area contributed by atoms with Gasteiger partial charge in [0.25, 0.3) is 5.91 Å². The maximum Gasteiger partial charge on any atom is 0.418 e. The lowest BCUT2D eigenvalue weighted by molar-refractivity contribution is -0.136. The molecule has 4 aromatic rings. The van der Waals surface area contributed by atoms with E-state index in [0.717, 1.165) is 23.8 Å². The van der Waals surface area contributed by atoms with E-state index in [1.807, 2.05) is 6.92 Å². The van der Waals surface area contributed by atoms with E-state index in [-0.39, 0.29) is 11.3 Å². The van der Waals surface area contributed by atoms with Crippen molar-refractivity contribution in [2.75, 3.05) is 10.6 Å². The molecular formula is C26H18F3N5O2. The molecule has 0 fully saturated rings. The number of carbonyl (C=O) groups is 2. The Bertz CT molecular complexity index is 1560. The van der Waals surface area contributed by atoms with E-state index in [0.29, 0.717) is 16.9 Å². The molecule has 2 aromatic heterocycles. The molecule has 0 aliphatic carbocycles. The lowest BCUT2D eigenvalue weighted by Gasteiger charge is -2.15. The van der Waals surface area contributed by atoms with Crippen molar-refractivity contribution in [1.29, 1.82) is 0 Å². The minimum Gasteiger partial charge on any atom is -0.322 e. The molecule has 0 atom stereocenters. The molecule has 4 rings (SSSR count). The Morgan fingerprint density at radius 3 is 2.64 bits per heavy atom. The summed E-state index contributed by atoms with van der Waals surface area (Å²) in [7, 11) is 0. The second kappa shape index (κ2) is 9.76. The molecule has 0 unspecified atom stereocenters. The summed E-state index contributed by atoms with van der Waals surface area (Å²) in [4.78, 5) is 28.5. The van der Waals surface area contributed by atoms with E-state index in [1.54, 1.807) is 47.2 Å². The first-order chi connectivity index (χ1) is 17.2. The first kappa shape index (κ1) is 24.2. The van der Waals surface area contributed by atoms with Crippen LogP contribution in [0.15, 0.2) is 73.6 Å². The van der Waals surface area contributed by atoms with Crippen molar-refractivity contribution in [3.05, 3.63) is 102 Å². The van der Waals surface area contributed by atoms with Crippen LogP contribution in [0.3, 0.4) is 0 Å². The van der Waals surface area contributed by atoms with Crippen LogP contribution in [0, 0.1) is 18.8 Å². The van der Waals surface area contributed by atoms with Crippen LogP contribution in [0.4, 0.5) is 24.5 Å². The van der Waals surface area contributed by atoms with Gasteiger partial charge < -0.3 is 10.6 Å². The molecule has 0 aliphatic heterocycles. The Hall–Kier alpha value is -4.91. The van der Waals surface area contributed by atoms with Crippen molar-refractivity contribution in [2.24, 2.45) is 0 Å². The number of alkyl halides is 3. The van der Waals surface area contributed by atoms with Gasteiger partial charge in [-0.05, 0) is 66.9 Å². The van der Waals surface area contributed by atoms with Crippen molar-refractivity contribution in [2.45, 2.75) is 13.1 Å². The summed E-state index contributed by atoms with van der Waals surface area (Å²) in [6.07, 6.45) is -0.704. The second-order valence-electron chi connectivity index (χ2n) is 7.62. The predicted octanol–water partition coefficient (Wildman–Crippen LogP) is 4.83. The van der Waals surface area contributed by atoms with Crippen molar-refractivity contribution >= 4 is 28.8 Å². The topological polar surface area (TPSA) is 88.4 Å². The molecule has 7 nitrogen and oxygen atoms in total. The van der Waals surface area contributed by atoms with Gasteiger partial charge in [0.05, 0.1) is 17.4 Å². The van der Waals surface area contributed by atoms with Gasteiger partial charge in [0, 0.05) is 23.0 Å². The molecule has 0 saturated carbocycles. The Kier molecular flexibility index (Phi) is 6.56. The first-order valence-electron chi connectivity index (χ1n) is 10.5. The molecule has 0 radical (unpaired) electrons. The van der Waals surface area contributed by atoms with Crippen LogP contribution in [-0.4, -0.2) is 26.4 Å². The molecule has 0 spiro atoms. The Morgan fingerprint density at radius 2 is 1.89 bits per heavy atom. The van der Waals surface area contributed by atoms with Crippen LogP contribution < -0.4 is 10.6 Å². The van der Waals surface area contributed by atoms with Crippen LogP contribution in [0.1, 0.15) is 32.7 Å². The number of carbonyl (C=O) groups excluding carboxylic acids is 2. The van der Waals surface area contributed by atoms with Gasteiger partial charge in [-0.2, -0.15) is 18.3 Å². The number of imidazole rings is 1. The average molecular weight is 489 g/mol. The fraction of sp³-hybridized carbons (Fsp3) is 0.0769. The number of rotatable bonds is 4. The highest BCUT2D eigenvalue weighted by atomic mass is 19.4. The summed E-state index contributed by atoms with van der Waals surface area (Å²) < 4.78 is 42.2. The van der Waals surface area contributed by atoms with Crippen LogP contribution in [0.25, 0.3) is 5.65 Å². The third-order valence-corrected chi connectivity index (χ3v) is 5.13. The highest BCUT2D eigenvalue weighted by molar-refractivity contribution is 6.05. The fourth-order valence-corrected chi connectivity index (χ4v) is 3.30. The number of nitrogens with one attached hydrogen (secondary N) is 2. The maximum absolute atomic E-state index is 13.5. The Balaban J connectivity index is 1.59. The van der Waals surface area contributed by atoms with Crippen molar-refractivity contribution in [3.63, 3.8) is 0 Å². The zero-order valence-electron chi connectivity index (χ0n) is 18.8. The lowest BCUT2D eigenvalue weighted by Crippen LogP contribution is -2.17. The smallest absolute Gasteiger partial charge is 0.322 e. The summed E-state index contributed by atoms with van der Waals surface area (Å²) in [5, 5.41) is 8.77. The van der Waals surface area contributed by atoms with Crippen LogP contribution in [0.5, 0.6) is 0 Å². The molecule has 0 saturated heterocycles. The molecule has 10 heteroatoms. The third kappa shape index (κ3) is 5.26. The monoisotopic (exact) mass is 489 g/mol. The van der Waals surface area contributed by atoms with Gasteiger partial charge in [-0.3, -0.25) is 9.59 Å². The van der Waals surface area contributed by atoms with Crippen LogP contribution >= 0.6 is 0 Å². The fourth-order valence-electron chi connectivity index (χ4n) is 3.30. The predicted molar refractivity (Wildman–Crippen MR) is 128 cm³/mol. The molecule has 0 aliphatic rings. The third-order valence-electron chi connectivity index (χ3n) is 5.13. The number of hydrogen-bond acceptors (Lipinski definition) is 4. The summed E-state index contributed by atoms with van der Waals surface area (Å²) in [6.45, 7) is 5.05. The first-order valence-corrected chi connectivity index (χ1v) is 10.5. The summed E-state index contributed by atoms with van der Waals surface area (Å²) in [5.74, 6) is 4.57. The van der Waals surface area contributed by atoms with Crippen molar-refractivity contribution in [3.8, 4) is 11.8 Å². The van der Waals surface area contributed by atoms with Gasteiger partial charge in [0.15, 0.2) is 5.65 Å². The molecule has 36 heavy (non-hydrogen) atoms. The number of anilines is 2. The van der Waals surface area contributed by atoms with E-state index < -0.39 is 29.2 Å². The largest absolute Gasteiger partial charge is 0.418 e. The minimum atomic E-state index is -4.76. The SMILES string of the molecule is C=CC(=O)Nc1ccc(NC(=O)c2ccc(C)c(C#Cc3cnc4cccnn34)c2)cc1C(F)(F)F. The Morgan fingerprint density at radius 1 is 1.08 bits per heavy atom. The molecule has 2 aromatic carbocycles. The average Bonchev–Trinajstić information content (AvgIpc) is 3.26. The quantitative estimate of drug-likeness (QED) is 0.317. The number of benzene rings is 2. The minimum absolute atomic E-state index is 0.0889. The van der Waals surface area contributed by atoms with Crippen LogP contribution in [0.2, 0.25) is 0 Å². The van der Waals surface area contributed by atoms with E-state index in [9.17, 15) is 22.8 Å². The van der Waals surface area contributed by atoms with E-state index >= 15 is 0 Å². The molecular weight excluding hydrogens is 471 g/mol. The second-order valence-corrected chi connectivity index (χ2v) is 7.62. The molecule has 180 valence electrons. The van der Waals surface area contributed by atoms with E-state index in [1.165, 1.54) is 6.07 Å². The number of amides is 2. The van der Waals surface area contributed by atoms with Crippen molar-refractivity contribution in [1.82, 2.24) is 14.6 Å². The highest BCUT2D eigenvalue weighted by Gasteiger charge is 2.34. The maximum atomic E-state index is 13.5. The zero-order valence-corrected chi connectivity index (χ0v) is 18.8. The Labute approximate surface area is 203 Å². The number of aryl methyl sites for hydroxylation is 1. The van der Waals surface area contributed by atoms with Crippen molar-refractivity contribution < 1.29 is 22.8 Å². The summed E-state index contributed by atoms with van der Waals surface area (Å²) in [5.41, 5.74) is 1.14. The van der Waals surface area contributed by atoms with Gasteiger partial charge in [-0.25, -0.2) is 9.50 Å². The van der Waals surface area contributed by atoms with Gasteiger partial charge in [0.2, 0.25) is 5.91 Å². The number of hydrogen-bond donors (Lipinski definition) is 2. The van der Waals surface area contributed by atoms with E-state index in [2.05, 4.69) is 39.1 Å². The van der Waals surface area contributed by atoms with E-state index in [4.69, 9.17) is 0 Å². The van der Waals surface area contributed by atoms with Gasteiger partial charge in [-0.15, -0.1) is 0 Å². The summed E-state index contributed by atoms with van der Waals surface area (Å²) in [6, 6.07) is 11.4.